The largest absolute Gasteiger partial charge is 0.419 e. The fourth-order valence-electron chi connectivity index (χ4n) is 2.32. The summed E-state index contributed by atoms with van der Waals surface area (Å²) < 4.78 is 10.7. The van der Waals surface area contributed by atoms with Gasteiger partial charge in [0.1, 0.15) is 5.76 Å². The number of aromatic nitrogens is 3. The Bertz CT molecular complexity index is 497. The lowest BCUT2D eigenvalue weighted by Gasteiger charge is -2.17. The van der Waals surface area contributed by atoms with E-state index in [1.807, 2.05) is 6.92 Å². The highest BCUT2D eigenvalue weighted by molar-refractivity contribution is 5.45. The highest BCUT2D eigenvalue weighted by Crippen LogP contribution is 2.32. The fourth-order valence-corrected chi connectivity index (χ4v) is 2.32. The minimum atomic E-state index is 0.429. The molecule has 90 valence electrons. The first-order valence-corrected chi connectivity index (χ1v) is 6.10. The van der Waals surface area contributed by atoms with Crippen LogP contribution in [-0.4, -0.2) is 15.4 Å². The van der Waals surface area contributed by atoms with E-state index in [1.54, 1.807) is 6.07 Å². The van der Waals surface area contributed by atoms with Crippen molar-refractivity contribution in [3.05, 3.63) is 17.7 Å². The maximum absolute atomic E-state index is 5.68. The summed E-state index contributed by atoms with van der Waals surface area (Å²) >= 11 is 0. The molecule has 1 aliphatic rings. The van der Waals surface area contributed by atoms with Crippen LogP contribution in [0, 0.1) is 6.92 Å². The Morgan fingerprint density at radius 3 is 2.71 bits per heavy atom. The molecular formula is C12H15N3O2. The number of aryl methyl sites for hydroxylation is 1. The van der Waals surface area contributed by atoms with Crippen molar-refractivity contribution < 1.29 is 8.94 Å². The highest BCUT2D eigenvalue weighted by atomic mass is 16.5. The molecule has 0 N–H and O–H groups in total. The van der Waals surface area contributed by atoms with Gasteiger partial charge in [0.25, 0.3) is 5.89 Å². The molecule has 0 aliphatic heterocycles. The van der Waals surface area contributed by atoms with Crippen LogP contribution in [0.15, 0.2) is 15.0 Å². The molecule has 2 heterocycles. The van der Waals surface area contributed by atoms with Crippen LogP contribution >= 0.6 is 0 Å². The van der Waals surface area contributed by atoms with E-state index >= 15 is 0 Å². The van der Waals surface area contributed by atoms with E-state index in [9.17, 15) is 0 Å². The van der Waals surface area contributed by atoms with Gasteiger partial charge in [-0.2, -0.15) is 0 Å². The van der Waals surface area contributed by atoms with E-state index in [1.165, 1.54) is 19.3 Å². The zero-order valence-electron chi connectivity index (χ0n) is 9.85. The third-order valence-electron chi connectivity index (χ3n) is 3.24. The molecule has 0 spiro atoms. The average molecular weight is 233 g/mol. The molecular weight excluding hydrogens is 218 g/mol. The second-order valence-corrected chi connectivity index (χ2v) is 4.60. The second-order valence-electron chi connectivity index (χ2n) is 4.60. The van der Waals surface area contributed by atoms with Crippen molar-refractivity contribution in [1.29, 1.82) is 0 Å². The van der Waals surface area contributed by atoms with Gasteiger partial charge in [0, 0.05) is 12.0 Å². The molecule has 0 aromatic carbocycles. The minimum Gasteiger partial charge on any atom is -0.419 e. The SMILES string of the molecule is Cc1cc(-c2nnc(C3CCCCC3)o2)no1. The molecule has 0 unspecified atom stereocenters. The van der Waals surface area contributed by atoms with Gasteiger partial charge in [-0.3, -0.25) is 0 Å². The Labute approximate surface area is 99.2 Å². The van der Waals surface area contributed by atoms with Gasteiger partial charge in [0.15, 0.2) is 5.69 Å². The van der Waals surface area contributed by atoms with Crippen LogP contribution in [0.2, 0.25) is 0 Å². The highest BCUT2D eigenvalue weighted by Gasteiger charge is 2.22. The standard InChI is InChI=1S/C12H15N3O2/c1-8-7-10(15-17-8)12-14-13-11(16-12)9-5-3-2-4-6-9/h7,9H,2-6H2,1H3. The second kappa shape index (κ2) is 4.31. The van der Waals surface area contributed by atoms with E-state index in [0.29, 0.717) is 17.5 Å². The maximum atomic E-state index is 5.68. The summed E-state index contributed by atoms with van der Waals surface area (Å²) in [5.41, 5.74) is 0.622. The fraction of sp³-hybridized carbons (Fsp3) is 0.583. The first-order valence-electron chi connectivity index (χ1n) is 6.10. The van der Waals surface area contributed by atoms with Crippen LogP contribution in [0.1, 0.15) is 49.7 Å². The van der Waals surface area contributed by atoms with E-state index in [2.05, 4.69) is 15.4 Å². The molecule has 1 aliphatic carbocycles. The van der Waals surface area contributed by atoms with Gasteiger partial charge < -0.3 is 8.94 Å². The van der Waals surface area contributed by atoms with Gasteiger partial charge in [-0.25, -0.2) is 0 Å². The van der Waals surface area contributed by atoms with Gasteiger partial charge >= 0.3 is 0 Å². The quantitative estimate of drug-likeness (QED) is 0.797. The third kappa shape index (κ3) is 2.09. The smallest absolute Gasteiger partial charge is 0.269 e. The molecule has 2 aromatic heterocycles. The summed E-state index contributed by atoms with van der Waals surface area (Å²) in [5.74, 6) is 2.39. The lowest BCUT2D eigenvalue weighted by Crippen LogP contribution is -2.04. The molecule has 1 saturated carbocycles. The summed E-state index contributed by atoms with van der Waals surface area (Å²) in [5, 5.41) is 12.0. The van der Waals surface area contributed by atoms with Crippen LogP contribution in [0.25, 0.3) is 11.6 Å². The number of rotatable bonds is 2. The molecule has 17 heavy (non-hydrogen) atoms. The minimum absolute atomic E-state index is 0.429. The summed E-state index contributed by atoms with van der Waals surface area (Å²) in [6.07, 6.45) is 6.13. The van der Waals surface area contributed by atoms with Crippen LogP contribution in [0.4, 0.5) is 0 Å². The monoisotopic (exact) mass is 233 g/mol. The molecule has 2 aromatic rings. The Morgan fingerprint density at radius 2 is 2.00 bits per heavy atom. The first-order chi connectivity index (χ1) is 8.33. The van der Waals surface area contributed by atoms with Crippen LogP contribution in [0.5, 0.6) is 0 Å². The molecule has 0 amide bonds. The molecule has 5 nitrogen and oxygen atoms in total. The van der Waals surface area contributed by atoms with Gasteiger partial charge in [0.05, 0.1) is 0 Å². The molecule has 0 saturated heterocycles. The molecule has 0 bridgehead atoms. The molecule has 5 heteroatoms. The summed E-state index contributed by atoms with van der Waals surface area (Å²) in [7, 11) is 0. The predicted molar refractivity (Wildman–Crippen MR) is 60.4 cm³/mol. The molecule has 0 radical (unpaired) electrons. The zero-order chi connectivity index (χ0) is 11.7. The van der Waals surface area contributed by atoms with Gasteiger partial charge in [-0.1, -0.05) is 24.4 Å². The lowest BCUT2D eigenvalue weighted by molar-refractivity contribution is 0.364. The van der Waals surface area contributed by atoms with Crippen molar-refractivity contribution in [2.45, 2.75) is 44.9 Å². The Kier molecular flexibility index (Phi) is 2.66. The van der Waals surface area contributed by atoms with Crippen LogP contribution < -0.4 is 0 Å². The molecule has 0 atom stereocenters. The Hall–Kier alpha value is -1.65. The molecule has 1 fully saturated rings. The lowest BCUT2D eigenvalue weighted by atomic mass is 9.89. The van der Waals surface area contributed by atoms with Crippen molar-refractivity contribution in [2.24, 2.45) is 0 Å². The summed E-state index contributed by atoms with van der Waals surface area (Å²) in [4.78, 5) is 0. The number of hydrogen-bond donors (Lipinski definition) is 0. The summed E-state index contributed by atoms with van der Waals surface area (Å²) in [6, 6.07) is 1.80. The maximum Gasteiger partial charge on any atom is 0.269 e. The first kappa shape index (κ1) is 10.5. The molecule has 3 rings (SSSR count). The number of nitrogens with zero attached hydrogens (tertiary/aromatic N) is 3. The van der Waals surface area contributed by atoms with Gasteiger partial charge in [-0.15, -0.1) is 10.2 Å². The third-order valence-corrected chi connectivity index (χ3v) is 3.24. The van der Waals surface area contributed by atoms with Gasteiger partial charge in [0.2, 0.25) is 5.89 Å². The zero-order valence-corrected chi connectivity index (χ0v) is 9.85. The van der Waals surface area contributed by atoms with Crippen molar-refractivity contribution >= 4 is 0 Å². The Morgan fingerprint density at radius 1 is 1.18 bits per heavy atom. The van der Waals surface area contributed by atoms with Crippen molar-refractivity contribution in [3.8, 4) is 11.6 Å². The van der Waals surface area contributed by atoms with Crippen LogP contribution in [0.3, 0.4) is 0 Å². The van der Waals surface area contributed by atoms with Crippen molar-refractivity contribution in [2.75, 3.05) is 0 Å². The van der Waals surface area contributed by atoms with Crippen molar-refractivity contribution in [1.82, 2.24) is 15.4 Å². The predicted octanol–water partition coefficient (Wildman–Crippen LogP) is 3.08. The van der Waals surface area contributed by atoms with E-state index < -0.39 is 0 Å². The van der Waals surface area contributed by atoms with Gasteiger partial charge in [-0.05, 0) is 19.8 Å². The van der Waals surface area contributed by atoms with E-state index in [4.69, 9.17) is 8.94 Å². The van der Waals surface area contributed by atoms with E-state index in [0.717, 1.165) is 24.5 Å². The van der Waals surface area contributed by atoms with Crippen molar-refractivity contribution in [3.63, 3.8) is 0 Å². The summed E-state index contributed by atoms with van der Waals surface area (Å²) in [6.45, 7) is 1.84. The van der Waals surface area contributed by atoms with Crippen LogP contribution in [-0.2, 0) is 0 Å². The Balaban J connectivity index is 1.82. The topological polar surface area (TPSA) is 65.0 Å². The number of hydrogen-bond acceptors (Lipinski definition) is 5. The average Bonchev–Trinajstić information content (AvgIpc) is 2.98. The van der Waals surface area contributed by atoms with E-state index in [-0.39, 0.29) is 0 Å². The normalized spacial score (nSPS) is 17.5.